The van der Waals surface area contributed by atoms with Crippen molar-refractivity contribution in [1.29, 1.82) is 0 Å². The molecule has 5 heteroatoms. The van der Waals surface area contributed by atoms with Gasteiger partial charge in [-0.15, -0.1) is 0 Å². The maximum absolute atomic E-state index is 5.93. The largest absolute Gasteiger partial charge is 0.379 e. The zero-order chi connectivity index (χ0) is 13.4. The van der Waals surface area contributed by atoms with Crippen LogP contribution in [0.4, 0.5) is 0 Å². The summed E-state index contributed by atoms with van der Waals surface area (Å²) >= 11 is 9.35. The Morgan fingerprint density at radius 2 is 2.11 bits per heavy atom. The highest BCUT2D eigenvalue weighted by Crippen LogP contribution is 2.22. The SMILES string of the molecule is CN(C)CCOCCNCc1ccc(Cl)c(Br)c1. The van der Waals surface area contributed by atoms with Crippen LogP contribution in [0.25, 0.3) is 0 Å². The number of benzene rings is 1. The monoisotopic (exact) mass is 334 g/mol. The van der Waals surface area contributed by atoms with Crippen LogP contribution in [0, 0.1) is 0 Å². The van der Waals surface area contributed by atoms with Gasteiger partial charge in [0.1, 0.15) is 0 Å². The molecule has 0 saturated heterocycles. The number of hydrogen-bond acceptors (Lipinski definition) is 3. The number of likely N-dealkylation sites (N-methyl/N-ethyl adjacent to an activating group) is 1. The molecule has 1 rings (SSSR count). The molecule has 1 aromatic carbocycles. The van der Waals surface area contributed by atoms with E-state index in [-0.39, 0.29) is 0 Å². The van der Waals surface area contributed by atoms with Crippen molar-refractivity contribution in [2.75, 3.05) is 40.4 Å². The van der Waals surface area contributed by atoms with Gasteiger partial charge in [-0.05, 0) is 47.7 Å². The molecule has 0 fully saturated rings. The second-order valence-corrected chi connectivity index (χ2v) is 5.60. The Kier molecular flexibility index (Phi) is 7.86. The first-order chi connectivity index (χ1) is 8.59. The van der Waals surface area contributed by atoms with Crippen molar-refractivity contribution in [3.63, 3.8) is 0 Å². The van der Waals surface area contributed by atoms with Crippen LogP contribution in [0.1, 0.15) is 5.56 Å². The van der Waals surface area contributed by atoms with Crippen molar-refractivity contribution >= 4 is 27.5 Å². The van der Waals surface area contributed by atoms with Crippen molar-refractivity contribution in [2.45, 2.75) is 6.54 Å². The lowest BCUT2D eigenvalue weighted by Crippen LogP contribution is -2.23. The highest BCUT2D eigenvalue weighted by Gasteiger charge is 1.98. The summed E-state index contributed by atoms with van der Waals surface area (Å²) in [6, 6.07) is 5.95. The van der Waals surface area contributed by atoms with Crippen molar-refractivity contribution in [3.05, 3.63) is 33.3 Å². The van der Waals surface area contributed by atoms with Gasteiger partial charge >= 0.3 is 0 Å². The van der Waals surface area contributed by atoms with Crippen molar-refractivity contribution in [1.82, 2.24) is 10.2 Å². The van der Waals surface area contributed by atoms with E-state index in [1.165, 1.54) is 5.56 Å². The molecule has 0 saturated carbocycles. The Bertz CT molecular complexity index is 361. The van der Waals surface area contributed by atoms with Crippen LogP contribution in [0.3, 0.4) is 0 Å². The van der Waals surface area contributed by atoms with Crippen LogP contribution in [0.2, 0.25) is 5.02 Å². The molecule has 0 atom stereocenters. The van der Waals surface area contributed by atoms with Gasteiger partial charge in [0.05, 0.1) is 18.2 Å². The third kappa shape index (κ3) is 6.71. The molecule has 102 valence electrons. The number of rotatable bonds is 8. The highest BCUT2D eigenvalue weighted by molar-refractivity contribution is 9.10. The van der Waals surface area contributed by atoms with Crippen molar-refractivity contribution in [2.24, 2.45) is 0 Å². The number of nitrogens with one attached hydrogen (secondary N) is 1. The predicted molar refractivity (Wildman–Crippen MR) is 80.2 cm³/mol. The van der Waals surface area contributed by atoms with E-state index >= 15 is 0 Å². The first kappa shape index (κ1) is 15.9. The topological polar surface area (TPSA) is 24.5 Å². The van der Waals surface area contributed by atoms with Crippen LogP contribution in [0.15, 0.2) is 22.7 Å². The summed E-state index contributed by atoms with van der Waals surface area (Å²) in [4.78, 5) is 2.11. The zero-order valence-corrected chi connectivity index (χ0v) is 13.2. The van der Waals surface area contributed by atoms with Gasteiger partial charge in [0, 0.05) is 24.1 Å². The summed E-state index contributed by atoms with van der Waals surface area (Å²) in [6.07, 6.45) is 0. The van der Waals surface area contributed by atoms with Gasteiger partial charge in [0.15, 0.2) is 0 Å². The number of nitrogens with zero attached hydrogens (tertiary/aromatic N) is 1. The minimum atomic E-state index is 0.739. The average Bonchev–Trinajstić information content (AvgIpc) is 2.32. The average molecular weight is 336 g/mol. The summed E-state index contributed by atoms with van der Waals surface area (Å²) in [5.41, 5.74) is 1.21. The minimum absolute atomic E-state index is 0.739. The molecule has 0 aromatic heterocycles. The second kappa shape index (κ2) is 8.88. The molecule has 0 aliphatic carbocycles. The lowest BCUT2D eigenvalue weighted by atomic mass is 10.2. The van der Waals surface area contributed by atoms with E-state index in [9.17, 15) is 0 Å². The molecule has 0 spiro atoms. The molecule has 1 N–H and O–H groups in total. The molecule has 3 nitrogen and oxygen atoms in total. The van der Waals surface area contributed by atoms with Crippen molar-refractivity contribution < 1.29 is 4.74 Å². The zero-order valence-electron chi connectivity index (χ0n) is 10.9. The Morgan fingerprint density at radius 3 is 2.78 bits per heavy atom. The maximum atomic E-state index is 5.93. The van der Waals surface area contributed by atoms with Gasteiger partial charge in [-0.25, -0.2) is 0 Å². The summed E-state index contributed by atoms with van der Waals surface area (Å²) < 4.78 is 6.43. The third-order valence-electron chi connectivity index (χ3n) is 2.42. The first-order valence-corrected chi connectivity index (χ1v) is 7.14. The van der Waals surface area contributed by atoms with Gasteiger partial charge < -0.3 is 15.0 Å². The molecule has 0 aliphatic heterocycles. The van der Waals surface area contributed by atoms with Gasteiger partial charge in [-0.3, -0.25) is 0 Å². The minimum Gasteiger partial charge on any atom is -0.379 e. The predicted octanol–water partition coefficient (Wildman–Crippen LogP) is 2.77. The van der Waals surface area contributed by atoms with Gasteiger partial charge in [0.25, 0.3) is 0 Å². The molecule has 0 radical (unpaired) electrons. The number of halogens is 2. The van der Waals surface area contributed by atoms with E-state index in [1.54, 1.807) is 0 Å². The second-order valence-electron chi connectivity index (χ2n) is 4.34. The molecule has 0 aliphatic rings. The smallest absolute Gasteiger partial charge is 0.0593 e. The fraction of sp³-hybridized carbons (Fsp3) is 0.538. The Balaban J connectivity index is 2.09. The summed E-state index contributed by atoms with van der Waals surface area (Å²) in [5, 5.41) is 4.08. The van der Waals surface area contributed by atoms with E-state index in [1.807, 2.05) is 32.3 Å². The Morgan fingerprint density at radius 1 is 1.33 bits per heavy atom. The van der Waals surface area contributed by atoms with Crippen molar-refractivity contribution in [3.8, 4) is 0 Å². The van der Waals surface area contributed by atoms with Crippen LogP contribution in [-0.4, -0.2) is 45.3 Å². The molecule has 0 heterocycles. The molecular formula is C13H20BrClN2O. The quantitative estimate of drug-likeness (QED) is 0.739. The number of hydrogen-bond donors (Lipinski definition) is 1. The summed E-state index contributed by atoms with van der Waals surface area (Å²) in [5.74, 6) is 0. The molecular weight excluding hydrogens is 316 g/mol. The summed E-state index contributed by atoms with van der Waals surface area (Å²) in [6.45, 7) is 4.16. The van der Waals surface area contributed by atoms with Crippen LogP contribution < -0.4 is 5.32 Å². The van der Waals surface area contributed by atoms with E-state index in [4.69, 9.17) is 16.3 Å². The van der Waals surface area contributed by atoms with Gasteiger partial charge in [0.2, 0.25) is 0 Å². The fourth-order valence-electron chi connectivity index (χ4n) is 1.38. The van der Waals surface area contributed by atoms with E-state index in [0.717, 1.165) is 42.3 Å². The Labute approximate surface area is 123 Å². The van der Waals surface area contributed by atoms with Gasteiger partial charge in [-0.2, -0.15) is 0 Å². The molecule has 0 amide bonds. The lowest BCUT2D eigenvalue weighted by Gasteiger charge is -2.10. The lowest BCUT2D eigenvalue weighted by molar-refractivity contribution is 0.119. The van der Waals surface area contributed by atoms with E-state index < -0.39 is 0 Å². The maximum Gasteiger partial charge on any atom is 0.0593 e. The van der Waals surface area contributed by atoms with Crippen LogP contribution in [-0.2, 0) is 11.3 Å². The third-order valence-corrected chi connectivity index (χ3v) is 3.63. The fourth-order valence-corrected chi connectivity index (χ4v) is 1.92. The highest BCUT2D eigenvalue weighted by atomic mass is 79.9. The number of ether oxygens (including phenoxy) is 1. The Hall–Kier alpha value is -0.130. The molecule has 1 aromatic rings. The van der Waals surface area contributed by atoms with Gasteiger partial charge in [-0.1, -0.05) is 17.7 Å². The standard InChI is InChI=1S/C13H20BrClN2O/c1-17(2)6-8-18-7-5-16-10-11-3-4-13(15)12(14)9-11/h3-4,9,16H,5-8,10H2,1-2H3. The van der Waals surface area contributed by atoms with Crippen LogP contribution in [0.5, 0.6) is 0 Å². The first-order valence-electron chi connectivity index (χ1n) is 5.96. The van der Waals surface area contributed by atoms with E-state index in [0.29, 0.717) is 0 Å². The molecule has 18 heavy (non-hydrogen) atoms. The summed E-state index contributed by atoms with van der Waals surface area (Å²) in [7, 11) is 4.08. The van der Waals surface area contributed by atoms with Crippen LogP contribution >= 0.6 is 27.5 Å². The molecule has 0 bridgehead atoms. The molecule has 0 unspecified atom stereocenters. The normalized spacial score (nSPS) is 11.2. The van der Waals surface area contributed by atoms with E-state index in [2.05, 4.69) is 26.1 Å².